The van der Waals surface area contributed by atoms with E-state index < -0.39 is 5.60 Å². The number of hydrogen-bond donors (Lipinski definition) is 1. The zero-order valence-corrected chi connectivity index (χ0v) is 21.5. The second-order valence-corrected chi connectivity index (χ2v) is 10.4. The van der Waals surface area contributed by atoms with E-state index in [9.17, 15) is 9.59 Å². The van der Waals surface area contributed by atoms with Gasteiger partial charge in [-0.1, -0.05) is 48.5 Å². The average Bonchev–Trinajstić information content (AvgIpc) is 2.76. The average molecular weight is 474 g/mol. The van der Waals surface area contributed by atoms with Crippen LogP contribution in [0.5, 0.6) is 0 Å². The number of likely N-dealkylation sites (tertiary alicyclic amines) is 1. The number of aryl methyl sites for hydroxylation is 1. The molecule has 0 aliphatic carbocycles. The fourth-order valence-electron chi connectivity index (χ4n) is 4.44. The normalized spacial score (nSPS) is 14.9. The fraction of sp³-hybridized carbons (Fsp3) is 0.379. The largest absolute Gasteiger partial charge is 0.444 e. The lowest BCUT2D eigenvalue weighted by Gasteiger charge is -2.45. The third kappa shape index (κ3) is 5.42. The minimum Gasteiger partial charge on any atom is -0.444 e. The molecule has 0 aromatic heterocycles. The number of fused-ring (bicyclic) bond motifs is 1. The molecule has 1 aliphatic rings. The number of nitrogens with one attached hydrogen (secondary N) is 1. The highest BCUT2D eigenvalue weighted by Gasteiger charge is 2.36. The van der Waals surface area contributed by atoms with Gasteiger partial charge in [0.1, 0.15) is 5.60 Å². The molecule has 0 bridgehead atoms. The quantitative estimate of drug-likeness (QED) is 0.517. The topological polar surface area (TPSA) is 61.9 Å². The Labute approximate surface area is 207 Å². The van der Waals surface area contributed by atoms with Crippen molar-refractivity contribution < 1.29 is 14.3 Å². The lowest BCUT2D eigenvalue weighted by molar-refractivity contribution is 0.00851. The zero-order valence-electron chi connectivity index (χ0n) is 21.5. The first kappa shape index (κ1) is 24.6. The van der Waals surface area contributed by atoms with Gasteiger partial charge in [-0.2, -0.15) is 0 Å². The van der Waals surface area contributed by atoms with Gasteiger partial charge in [-0.05, 0) is 68.7 Å². The maximum atomic E-state index is 13.3. The first-order valence-electron chi connectivity index (χ1n) is 12.1. The molecule has 6 nitrogen and oxygen atoms in total. The van der Waals surface area contributed by atoms with Crippen molar-refractivity contribution in [1.29, 1.82) is 0 Å². The van der Waals surface area contributed by atoms with Crippen molar-refractivity contribution in [2.75, 3.05) is 25.0 Å². The molecule has 1 heterocycles. The molecule has 1 unspecified atom stereocenters. The molecular formula is C29H35N3O3. The Hall–Kier alpha value is -3.54. The molecule has 0 radical (unpaired) electrons. The molecule has 1 aliphatic heterocycles. The highest BCUT2D eigenvalue weighted by molar-refractivity contribution is 5.97. The summed E-state index contributed by atoms with van der Waals surface area (Å²) in [6.07, 6.45) is -0.284. The van der Waals surface area contributed by atoms with Gasteiger partial charge in [0, 0.05) is 31.4 Å². The van der Waals surface area contributed by atoms with E-state index in [1.54, 1.807) is 4.90 Å². The molecule has 4 rings (SSSR count). The molecule has 1 N–H and O–H groups in total. The van der Waals surface area contributed by atoms with Gasteiger partial charge in [0.05, 0.1) is 12.1 Å². The Morgan fingerprint density at radius 1 is 1.06 bits per heavy atom. The van der Waals surface area contributed by atoms with Gasteiger partial charge in [0.15, 0.2) is 0 Å². The van der Waals surface area contributed by atoms with Crippen LogP contribution in [0.1, 0.15) is 55.2 Å². The van der Waals surface area contributed by atoms with E-state index in [0.29, 0.717) is 18.7 Å². The second-order valence-electron chi connectivity index (χ2n) is 10.4. The van der Waals surface area contributed by atoms with E-state index in [1.165, 1.54) is 0 Å². The molecule has 35 heavy (non-hydrogen) atoms. The summed E-state index contributed by atoms with van der Waals surface area (Å²) in [6, 6.07) is 20.4. The zero-order chi connectivity index (χ0) is 25.3. The van der Waals surface area contributed by atoms with E-state index in [2.05, 4.69) is 34.5 Å². The minimum atomic E-state index is -0.504. The Morgan fingerprint density at radius 3 is 2.46 bits per heavy atom. The van der Waals surface area contributed by atoms with Crippen molar-refractivity contribution >= 4 is 28.5 Å². The van der Waals surface area contributed by atoms with Gasteiger partial charge < -0.3 is 19.9 Å². The van der Waals surface area contributed by atoms with Crippen LogP contribution in [0.2, 0.25) is 0 Å². The third-order valence-electron chi connectivity index (χ3n) is 6.57. The first-order chi connectivity index (χ1) is 16.5. The van der Waals surface area contributed by atoms with Crippen LogP contribution in [0.15, 0.2) is 60.7 Å². The van der Waals surface area contributed by atoms with Crippen LogP contribution in [-0.4, -0.2) is 48.7 Å². The van der Waals surface area contributed by atoms with Crippen LogP contribution in [-0.2, 0) is 4.74 Å². The predicted molar refractivity (Wildman–Crippen MR) is 141 cm³/mol. The molecule has 0 spiro atoms. The lowest BCUT2D eigenvalue weighted by atomic mass is 9.99. The van der Waals surface area contributed by atoms with Gasteiger partial charge in [-0.15, -0.1) is 0 Å². The summed E-state index contributed by atoms with van der Waals surface area (Å²) >= 11 is 0. The molecule has 1 saturated heterocycles. The molecule has 1 fully saturated rings. The van der Waals surface area contributed by atoms with Crippen LogP contribution in [0.4, 0.5) is 10.5 Å². The number of carbonyl (C=O) groups is 2. The second kappa shape index (κ2) is 9.61. The third-order valence-corrected chi connectivity index (χ3v) is 6.57. The Balaban J connectivity index is 1.44. The van der Waals surface area contributed by atoms with Gasteiger partial charge in [-0.25, -0.2) is 4.79 Å². The SMILES string of the molecule is Cc1ccc(N(C)C2CN(C(=O)OC(C)(C)C)C2)cc1C(=O)NC(C)c1cccc2ccccc12. The van der Waals surface area contributed by atoms with Gasteiger partial charge in [0.2, 0.25) is 0 Å². The fourth-order valence-corrected chi connectivity index (χ4v) is 4.44. The number of likely N-dealkylation sites (N-methyl/N-ethyl adjacent to an activating group) is 1. The number of amides is 2. The van der Waals surface area contributed by atoms with Crippen molar-refractivity contribution in [3.05, 3.63) is 77.4 Å². The first-order valence-corrected chi connectivity index (χ1v) is 12.1. The number of benzene rings is 3. The van der Waals surface area contributed by atoms with E-state index in [1.807, 2.05) is 78.1 Å². The summed E-state index contributed by atoms with van der Waals surface area (Å²) in [5.74, 6) is -0.0952. The number of nitrogens with zero attached hydrogens (tertiary/aromatic N) is 2. The summed E-state index contributed by atoms with van der Waals surface area (Å²) in [4.78, 5) is 29.4. The highest BCUT2D eigenvalue weighted by Crippen LogP contribution is 2.27. The maximum Gasteiger partial charge on any atom is 0.410 e. The van der Waals surface area contributed by atoms with Crippen LogP contribution in [0, 0.1) is 6.92 Å². The molecule has 6 heteroatoms. The summed E-state index contributed by atoms with van der Waals surface area (Å²) in [7, 11) is 2.00. The minimum absolute atomic E-state index is 0.0952. The van der Waals surface area contributed by atoms with Crippen molar-refractivity contribution in [2.45, 2.75) is 52.3 Å². The Kier molecular flexibility index (Phi) is 6.75. The van der Waals surface area contributed by atoms with Crippen LogP contribution >= 0.6 is 0 Å². The molecule has 184 valence electrons. The van der Waals surface area contributed by atoms with Crippen molar-refractivity contribution in [3.8, 4) is 0 Å². The van der Waals surface area contributed by atoms with E-state index >= 15 is 0 Å². The Bertz CT molecular complexity index is 1240. The standard InChI is InChI=1S/C29H35N3O3/c1-19-14-15-22(31(6)23-17-32(18-23)28(34)35-29(3,4)5)16-26(19)27(33)30-20(2)24-13-9-11-21-10-7-8-12-25(21)24/h7-16,20,23H,17-18H2,1-6H3,(H,30,33). The van der Waals surface area contributed by atoms with Crippen molar-refractivity contribution in [3.63, 3.8) is 0 Å². The summed E-state index contributed by atoms with van der Waals surface area (Å²) < 4.78 is 5.46. The predicted octanol–water partition coefficient (Wildman–Crippen LogP) is 5.69. The number of carbonyl (C=O) groups excluding carboxylic acids is 2. The Morgan fingerprint density at radius 2 is 1.74 bits per heavy atom. The summed E-state index contributed by atoms with van der Waals surface area (Å²) in [5, 5.41) is 5.49. The van der Waals surface area contributed by atoms with E-state index in [4.69, 9.17) is 4.74 Å². The number of rotatable bonds is 5. The molecule has 3 aromatic carbocycles. The van der Waals surface area contributed by atoms with Crippen LogP contribution in [0.3, 0.4) is 0 Å². The molecule has 2 amide bonds. The smallest absolute Gasteiger partial charge is 0.410 e. The van der Waals surface area contributed by atoms with Gasteiger partial charge in [0.25, 0.3) is 5.91 Å². The maximum absolute atomic E-state index is 13.3. The molecule has 0 saturated carbocycles. The monoisotopic (exact) mass is 473 g/mol. The van der Waals surface area contributed by atoms with Crippen LogP contribution in [0.25, 0.3) is 10.8 Å². The molecule has 1 atom stereocenters. The van der Waals surface area contributed by atoms with Crippen LogP contribution < -0.4 is 10.2 Å². The molecular weight excluding hydrogens is 438 g/mol. The number of hydrogen-bond acceptors (Lipinski definition) is 4. The van der Waals surface area contributed by atoms with Gasteiger partial charge in [-0.3, -0.25) is 4.79 Å². The van der Waals surface area contributed by atoms with Gasteiger partial charge >= 0.3 is 6.09 Å². The van der Waals surface area contributed by atoms with E-state index in [-0.39, 0.29) is 24.1 Å². The van der Waals surface area contributed by atoms with Crippen molar-refractivity contribution in [1.82, 2.24) is 10.2 Å². The molecule has 3 aromatic rings. The number of anilines is 1. The summed E-state index contributed by atoms with van der Waals surface area (Å²) in [6.45, 7) is 10.8. The van der Waals surface area contributed by atoms with E-state index in [0.717, 1.165) is 27.6 Å². The number of ether oxygens (including phenoxy) is 1. The lowest BCUT2D eigenvalue weighted by Crippen LogP contribution is -2.61. The van der Waals surface area contributed by atoms with Crippen molar-refractivity contribution in [2.24, 2.45) is 0 Å². The summed E-state index contributed by atoms with van der Waals surface area (Å²) in [5.41, 5.74) is 3.13. The highest BCUT2D eigenvalue weighted by atomic mass is 16.6.